The maximum atomic E-state index is 5.95. The highest BCUT2D eigenvalue weighted by Gasteiger charge is 2.20. The Bertz CT molecular complexity index is 326. The molecule has 1 fully saturated rings. The first-order chi connectivity index (χ1) is 6.79. The fourth-order valence-corrected chi connectivity index (χ4v) is 1.53. The molecular formula is C10H13ClN2O. The Balaban J connectivity index is 1.99. The Hall–Kier alpha value is -0.800. The van der Waals surface area contributed by atoms with Gasteiger partial charge in [-0.2, -0.15) is 0 Å². The predicted molar refractivity (Wildman–Crippen MR) is 55.7 cm³/mol. The molecular weight excluding hydrogens is 200 g/mol. The first-order valence-electron chi connectivity index (χ1n) is 4.71. The number of halogens is 1. The van der Waals surface area contributed by atoms with Crippen LogP contribution < -0.4 is 10.1 Å². The number of ether oxygens (including phenoxy) is 1. The number of rotatable bonds is 4. The molecule has 2 rings (SSSR count). The van der Waals surface area contributed by atoms with Crippen molar-refractivity contribution in [1.82, 2.24) is 10.3 Å². The van der Waals surface area contributed by atoms with Crippen LogP contribution in [0.2, 0.25) is 5.02 Å². The molecule has 0 saturated heterocycles. The lowest BCUT2D eigenvalue weighted by molar-refractivity contribution is 0.397. The predicted octanol–water partition coefficient (Wildman–Crippen LogP) is 2.00. The van der Waals surface area contributed by atoms with Crippen molar-refractivity contribution in [3.63, 3.8) is 0 Å². The lowest BCUT2D eigenvalue weighted by atomic mass is 10.3. The molecule has 0 aliphatic heterocycles. The van der Waals surface area contributed by atoms with E-state index in [1.807, 2.05) is 6.07 Å². The number of hydrogen-bond acceptors (Lipinski definition) is 3. The van der Waals surface area contributed by atoms with E-state index >= 15 is 0 Å². The van der Waals surface area contributed by atoms with Crippen molar-refractivity contribution < 1.29 is 4.74 Å². The standard InChI is InChI=1S/C10H13ClN2O/c1-14-10-9(11)4-7(6-13-10)5-12-8-2-3-8/h4,6,8,12H,2-3,5H2,1H3. The summed E-state index contributed by atoms with van der Waals surface area (Å²) in [6.07, 6.45) is 4.37. The Kier molecular flexibility index (Phi) is 2.89. The summed E-state index contributed by atoms with van der Waals surface area (Å²) in [5.41, 5.74) is 1.10. The van der Waals surface area contributed by atoms with Gasteiger partial charge in [-0.25, -0.2) is 4.98 Å². The van der Waals surface area contributed by atoms with Crippen LogP contribution in [-0.2, 0) is 6.54 Å². The SMILES string of the molecule is COc1ncc(CNC2CC2)cc1Cl. The zero-order chi connectivity index (χ0) is 9.97. The zero-order valence-corrected chi connectivity index (χ0v) is 8.84. The highest BCUT2D eigenvalue weighted by Crippen LogP contribution is 2.23. The van der Waals surface area contributed by atoms with Gasteiger partial charge in [-0.05, 0) is 24.5 Å². The van der Waals surface area contributed by atoms with Gasteiger partial charge in [0.15, 0.2) is 0 Å². The maximum absolute atomic E-state index is 5.95. The van der Waals surface area contributed by atoms with Crippen molar-refractivity contribution in [1.29, 1.82) is 0 Å². The highest BCUT2D eigenvalue weighted by molar-refractivity contribution is 6.31. The second-order valence-corrected chi connectivity index (χ2v) is 3.90. The molecule has 76 valence electrons. The molecule has 4 heteroatoms. The van der Waals surface area contributed by atoms with Gasteiger partial charge in [0.2, 0.25) is 5.88 Å². The molecule has 1 saturated carbocycles. The van der Waals surface area contributed by atoms with Gasteiger partial charge < -0.3 is 10.1 Å². The van der Waals surface area contributed by atoms with Gasteiger partial charge in [0.1, 0.15) is 5.02 Å². The summed E-state index contributed by atoms with van der Waals surface area (Å²) in [4.78, 5) is 4.10. The molecule has 1 aromatic heterocycles. The van der Waals surface area contributed by atoms with E-state index in [1.165, 1.54) is 12.8 Å². The topological polar surface area (TPSA) is 34.1 Å². The second kappa shape index (κ2) is 4.15. The monoisotopic (exact) mass is 212 g/mol. The Morgan fingerprint density at radius 2 is 2.43 bits per heavy atom. The fraction of sp³-hybridized carbons (Fsp3) is 0.500. The summed E-state index contributed by atoms with van der Waals surface area (Å²) < 4.78 is 4.97. The number of hydrogen-bond donors (Lipinski definition) is 1. The Labute approximate surface area is 88.4 Å². The Morgan fingerprint density at radius 1 is 1.64 bits per heavy atom. The summed E-state index contributed by atoms with van der Waals surface area (Å²) in [6, 6.07) is 2.60. The third kappa shape index (κ3) is 2.36. The normalized spacial score (nSPS) is 15.6. The van der Waals surface area contributed by atoms with Gasteiger partial charge in [-0.3, -0.25) is 0 Å². The van der Waals surface area contributed by atoms with Crippen molar-refractivity contribution in [2.24, 2.45) is 0 Å². The summed E-state index contributed by atoms with van der Waals surface area (Å²) in [7, 11) is 1.57. The molecule has 0 unspecified atom stereocenters. The van der Waals surface area contributed by atoms with E-state index < -0.39 is 0 Å². The van der Waals surface area contributed by atoms with Gasteiger partial charge in [0, 0.05) is 18.8 Å². The molecule has 0 bridgehead atoms. The van der Waals surface area contributed by atoms with Gasteiger partial charge in [-0.1, -0.05) is 11.6 Å². The van der Waals surface area contributed by atoms with E-state index in [-0.39, 0.29) is 0 Å². The molecule has 1 N–H and O–H groups in total. The Morgan fingerprint density at radius 3 is 3.00 bits per heavy atom. The molecule has 1 aromatic rings. The minimum Gasteiger partial charge on any atom is -0.480 e. The molecule has 1 aliphatic carbocycles. The van der Waals surface area contributed by atoms with Crippen LogP contribution in [0.25, 0.3) is 0 Å². The van der Waals surface area contributed by atoms with Crippen molar-refractivity contribution >= 4 is 11.6 Å². The molecule has 0 amide bonds. The third-order valence-corrected chi connectivity index (χ3v) is 2.50. The van der Waals surface area contributed by atoms with Crippen LogP contribution in [0.15, 0.2) is 12.3 Å². The third-order valence-electron chi connectivity index (χ3n) is 2.23. The van der Waals surface area contributed by atoms with E-state index in [9.17, 15) is 0 Å². The lowest BCUT2D eigenvalue weighted by Gasteiger charge is -2.05. The van der Waals surface area contributed by atoms with Crippen molar-refractivity contribution in [3.8, 4) is 5.88 Å². The summed E-state index contributed by atoms with van der Waals surface area (Å²) in [5.74, 6) is 0.488. The van der Waals surface area contributed by atoms with Crippen LogP contribution in [0, 0.1) is 0 Å². The van der Waals surface area contributed by atoms with Crippen molar-refractivity contribution in [2.45, 2.75) is 25.4 Å². The van der Waals surface area contributed by atoms with Crippen molar-refractivity contribution in [3.05, 3.63) is 22.8 Å². The van der Waals surface area contributed by atoms with Crippen LogP contribution in [0.4, 0.5) is 0 Å². The highest BCUT2D eigenvalue weighted by atomic mass is 35.5. The van der Waals surface area contributed by atoms with Crippen molar-refractivity contribution in [2.75, 3.05) is 7.11 Å². The number of aromatic nitrogens is 1. The first kappa shape index (κ1) is 9.74. The van der Waals surface area contributed by atoms with E-state index in [1.54, 1.807) is 13.3 Å². The molecule has 0 radical (unpaired) electrons. The van der Waals surface area contributed by atoms with E-state index in [2.05, 4.69) is 10.3 Å². The quantitative estimate of drug-likeness (QED) is 0.829. The van der Waals surface area contributed by atoms with Gasteiger partial charge in [0.05, 0.1) is 7.11 Å². The van der Waals surface area contributed by atoms with Crippen LogP contribution in [0.1, 0.15) is 18.4 Å². The van der Waals surface area contributed by atoms with Crippen LogP contribution in [0.3, 0.4) is 0 Å². The summed E-state index contributed by atoms with van der Waals surface area (Å²) in [5, 5.41) is 3.97. The largest absolute Gasteiger partial charge is 0.480 e. The smallest absolute Gasteiger partial charge is 0.232 e. The molecule has 1 aliphatic rings. The zero-order valence-electron chi connectivity index (χ0n) is 8.09. The fourth-order valence-electron chi connectivity index (χ4n) is 1.26. The second-order valence-electron chi connectivity index (χ2n) is 3.49. The number of nitrogens with zero attached hydrogens (tertiary/aromatic N) is 1. The van der Waals surface area contributed by atoms with Gasteiger partial charge in [-0.15, -0.1) is 0 Å². The summed E-state index contributed by atoms with van der Waals surface area (Å²) in [6.45, 7) is 0.835. The molecule has 0 atom stereocenters. The van der Waals surface area contributed by atoms with Crippen LogP contribution in [-0.4, -0.2) is 18.1 Å². The molecule has 3 nitrogen and oxygen atoms in total. The number of pyridine rings is 1. The van der Waals surface area contributed by atoms with Gasteiger partial charge in [0.25, 0.3) is 0 Å². The average Bonchev–Trinajstić information content (AvgIpc) is 2.98. The molecule has 14 heavy (non-hydrogen) atoms. The maximum Gasteiger partial charge on any atom is 0.232 e. The minimum absolute atomic E-state index is 0.488. The molecule has 0 aromatic carbocycles. The minimum atomic E-state index is 0.488. The van der Waals surface area contributed by atoms with Gasteiger partial charge >= 0.3 is 0 Å². The number of methoxy groups -OCH3 is 1. The van der Waals surface area contributed by atoms with E-state index in [4.69, 9.17) is 16.3 Å². The molecule has 1 heterocycles. The lowest BCUT2D eigenvalue weighted by Crippen LogP contribution is -2.15. The number of nitrogens with one attached hydrogen (secondary N) is 1. The van der Waals surface area contributed by atoms with E-state index in [0.29, 0.717) is 16.9 Å². The summed E-state index contributed by atoms with van der Waals surface area (Å²) >= 11 is 5.95. The van der Waals surface area contributed by atoms with E-state index in [0.717, 1.165) is 12.1 Å². The van der Waals surface area contributed by atoms with Crippen LogP contribution >= 0.6 is 11.6 Å². The average molecular weight is 213 g/mol. The molecule has 0 spiro atoms. The van der Waals surface area contributed by atoms with Crippen LogP contribution in [0.5, 0.6) is 5.88 Å². The first-order valence-corrected chi connectivity index (χ1v) is 5.09.